The molecule has 1 saturated carbocycles. The summed E-state index contributed by atoms with van der Waals surface area (Å²) in [6.45, 7) is 1.74. The van der Waals surface area contributed by atoms with Crippen molar-refractivity contribution in [2.75, 3.05) is 26.8 Å². The van der Waals surface area contributed by atoms with Crippen molar-refractivity contribution < 1.29 is 9.84 Å². The summed E-state index contributed by atoms with van der Waals surface area (Å²) in [4.78, 5) is 0. The lowest BCUT2D eigenvalue weighted by atomic mass is 10.0. The molecule has 0 bridgehead atoms. The van der Waals surface area contributed by atoms with E-state index < -0.39 is 6.10 Å². The Morgan fingerprint density at radius 1 is 1.64 bits per heavy atom. The average molecular weight is 198 g/mol. The maximum absolute atomic E-state index is 9.34. The standard InChI is InChI=1S/C10H18N2O2/c1-14-7-9(13)6-12-8-10(2-3-10)4-5-11/h9,12-13H,2-4,6-8H2,1H3. The summed E-state index contributed by atoms with van der Waals surface area (Å²) in [6.07, 6.45) is 2.44. The summed E-state index contributed by atoms with van der Waals surface area (Å²) in [6, 6.07) is 2.21. The van der Waals surface area contributed by atoms with Gasteiger partial charge in [0.1, 0.15) is 0 Å². The molecule has 0 aromatic rings. The SMILES string of the molecule is COCC(O)CNCC1(CC#N)CC1. The maximum Gasteiger partial charge on any atom is 0.0897 e. The second-order valence-electron chi connectivity index (χ2n) is 4.07. The van der Waals surface area contributed by atoms with E-state index in [-0.39, 0.29) is 5.41 Å². The van der Waals surface area contributed by atoms with Gasteiger partial charge in [0.2, 0.25) is 0 Å². The van der Waals surface area contributed by atoms with Gasteiger partial charge >= 0.3 is 0 Å². The molecule has 0 saturated heterocycles. The van der Waals surface area contributed by atoms with Gasteiger partial charge in [-0.1, -0.05) is 0 Å². The lowest BCUT2D eigenvalue weighted by molar-refractivity contribution is 0.0638. The van der Waals surface area contributed by atoms with Crippen molar-refractivity contribution in [3.05, 3.63) is 0 Å². The van der Waals surface area contributed by atoms with E-state index in [1.54, 1.807) is 7.11 Å². The van der Waals surface area contributed by atoms with Crippen molar-refractivity contribution in [2.24, 2.45) is 5.41 Å². The Balaban J connectivity index is 2.07. The van der Waals surface area contributed by atoms with Crippen LogP contribution in [0.5, 0.6) is 0 Å². The number of aliphatic hydroxyl groups excluding tert-OH is 1. The normalized spacial score (nSPS) is 20.1. The highest BCUT2D eigenvalue weighted by atomic mass is 16.5. The number of nitrogens with one attached hydrogen (secondary N) is 1. The number of hydrogen-bond donors (Lipinski definition) is 2. The van der Waals surface area contributed by atoms with Gasteiger partial charge in [-0.15, -0.1) is 0 Å². The largest absolute Gasteiger partial charge is 0.389 e. The predicted octanol–water partition coefficient (Wildman–Crippen LogP) is 0.277. The summed E-state index contributed by atoms with van der Waals surface area (Å²) in [5.74, 6) is 0. The molecule has 0 amide bonds. The highest BCUT2D eigenvalue weighted by molar-refractivity contribution is 5.00. The fourth-order valence-electron chi connectivity index (χ4n) is 1.52. The van der Waals surface area contributed by atoms with Crippen LogP contribution in [-0.4, -0.2) is 38.0 Å². The molecule has 2 N–H and O–H groups in total. The van der Waals surface area contributed by atoms with Crippen molar-refractivity contribution in [1.29, 1.82) is 5.26 Å². The van der Waals surface area contributed by atoms with Crippen molar-refractivity contribution in [3.63, 3.8) is 0 Å². The van der Waals surface area contributed by atoms with Crippen LogP contribution in [0.25, 0.3) is 0 Å². The lowest BCUT2D eigenvalue weighted by Gasteiger charge is -2.14. The van der Waals surface area contributed by atoms with Crippen LogP contribution in [0.3, 0.4) is 0 Å². The smallest absolute Gasteiger partial charge is 0.0897 e. The van der Waals surface area contributed by atoms with Gasteiger partial charge in [-0.2, -0.15) is 5.26 Å². The molecule has 0 aromatic carbocycles. The number of ether oxygens (including phenoxy) is 1. The van der Waals surface area contributed by atoms with E-state index in [4.69, 9.17) is 10.00 Å². The third kappa shape index (κ3) is 3.62. The monoisotopic (exact) mass is 198 g/mol. The fraction of sp³-hybridized carbons (Fsp3) is 0.900. The van der Waals surface area contributed by atoms with Gasteiger partial charge in [0.05, 0.1) is 18.8 Å². The van der Waals surface area contributed by atoms with E-state index in [2.05, 4.69) is 11.4 Å². The quantitative estimate of drug-likeness (QED) is 0.616. The van der Waals surface area contributed by atoms with Gasteiger partial charge in [-0.05, 0) is 18.3 Å². The van der Waals surface area contributed by atoms with Gasteiger partial charge in [0.25, 0.3) is 0 Å². The zero-order valence-corrected chi connectivity index (χ0v) is 8.62. The molecule has 1 aliphatic carbocycles. The zero-order chi connectivity index (χ0) is 10.4. The number of rotatable bonds is 7. The molecule has 1 unspecified atom stereocenters. The van der Waals surface area contributed by atoms with E-state index in [0.717, 1.165) is 19.4 Å². The fourth-order valence-corrected chi connectivity index (χ4v) is 1.52. The minimum Gasteiger partial charge on any atom is -0.389 e. The molecule has 0 spiro atoms. The van der Waals surface area contributed by atoms with E-state index in [1.165, 1.54) is 0 Å². The first-order valence-electron chi connectivity index (χ1n) is 4.97. The predicted molar refractivity (Wildman–Crippen MR) is 52.6 cm³/mol. The molecule has 4 nitrogen and oxygen atoms in total. The Kier molecular flexibility index (Phi) is 4.33. The maximum atomic E-state index is 9.34. The molecule has 1 rings (SSSR count). The topological polar surface area (TPSA) is 65.3 Å². The Morgan fingerprint density at radius 2 is 2.36 bits per heavy atom. The highest BCUT2D eigenvalue weighted by Gasteiger charge is 2.41. The van der Waals surface area contributed by atoms with Crippen LogP contribution >= 0.6 is 0 Å². The molecule has 14 heavy (non-hydrogen) atoms. The summed E-state index contributed by atoms with van der Waals surface area (Å²) >= 11 is 0. The molecule has 0 aromatic heterocycles. The second-order valence-corrected chi connectivity index (χ2v) is 4.07. The van der Waals surface area contributed by atoms with E-state index >= 15 is 0 Å². The van der Waals surface area contributed by atoms with Crippen molar-refractivity contribution in [3.8, 4) is 6.07 Å². The van der Waals surface area contributed by atoms with E-state index in [9.17, 15) is 5.11 Å². The molecule has 0 heterocycles. The molecular formula is C10H18N2O2. The van der Waals surface area contributed by atoms with Crippen LogP contribution in [-0.2, 0) is 4.74 Å². The Morgan fingerprint density at radius 3 is 2.86 bits per heavy atom. The summed E-state index contributed by atoms with van der Waals surface area (Å²) in [5.41, 5.74) is 0.210. The summed E-state index contributed by atoms with van der Waals surface area (Å²) in [7, 11) is 1.57. The van der Waals surface area contributed by atoms with Crippen LogP contribution in [0.1, 0.15) is 19.3 Å². The number of aliphatic hydroxyl groups is 1. The van der Waals surface area contributed by atoms with E-state index in [1.807, 2.05) is 0 Å². The Hall–Kier alpha value is -0.630. The number of nitrogens with zero attached hydrogens (tertiary/aromatic N) is 1. The minimum atomic E-state index is -0.446. The Labute approximate surface area is 84.9 Å². The minimum absolute atomic E-state index is 0.210. The van der Waals surface area contributed by atoms with Crippen LogP contribution in [0.2, 0.25) is 0 Å². The molecule has 1 aliphatic rings. The third-order valence-corrected chi connectivity index (χ3v) is 2.65. The number of hydrogen-bond acceptors (Lipinski definition) is 4. The summed E-state index contributed by atoms with van der Waals surface area (Å²) < 4.78 is 4.81. The molecule has 80 valence electrons. The molecule has 1 fully saturated rings. The van der Waals surface area contributed by atoms with E-state index in [0.29, 0.717) is 19.6 Å². The first kappa shape index (κ1) is 11.4. The first-order chi connectivity index (χ1) is 6.72. The van der Waals surface area contributed by atoms with Crippen molar-refractivity contribution >= 4 is 0 Å². The van der Waals surface area contributed by atoms with Gasteiger partial charge in [-0.25, -0.2) is 0 Å². The third-order valence-electron chi connectivity index (χ3n) is 2.65. The zero-order valence-electron chi connectivity index (χ0n) is 8.62. The number of methoxy groups -OCH3 is 1. The molecular weight excluding hydrogens is 180 g/mol. The van der Waals surface area contributed by atoms with Crippen molar-refractivity contribution in [2.45, 2.75) is 25.4 Å². The van der Waals surface area contributed by atoms with Crippen molar-refractivity contribution in [1.82, 2.24) is 5.32 Å². The second kappa shape index (κ2) is 5.30. The summed E-state index contributed by atoms with van der Waals surface area (Å²) in [5, 5.41) is 21.1. The first-order valence-corrected chi connectivity index (χ1v) is 4.97. The van der Waals surface area contributed by atoms with Gasteiger partial charge < -0.3 is 15.2 Å². The Bertz CT molecular complexity index is 209. The number of nitriles is 1. The van der Waals surface area contributed by atoms with Gasteiger partial charge in [0.15, 0.2) is 0 Å². The van der Waals surface area contributed by atoms with Gasteiger partial charge in [0, 0.05) is 26.6 Å². The molecule has 1 atom stereocenters. The van der Waals surface area contributed by atoms with Gasteiger partial charge in [-0.3, -0.25) is 0 Å². The van der Waals surface area contributed by atoms with Crippen LogP contribution in [0.4, 0.5) is 0 Å². The molecule has 4 heteroatoms. The average Bonchev–Trinajstić information content (AvgIpc) is 2.86. The molecule has 0 aliphatic heterocycles. The lowest BCUT2D eigenvalue weighted by Crippen LogP contribution is -2.33. The van der Waals surface area contributed by atoms with Crippen LogP contribution in [0, 0.1) is 16.7 Å². The van der Waals surface area contributed by atoms with Crippen LogP contribution < -0.4 is 5.32 Å². The van der Waals surface area contributed by atoms with Crippen LogP contribution in [0.15, 0.2) is 0 Å². The molecule has 0 radical (unpaired) electrons. The highest BCUT2D eigenvalue weighted by Crippen LogP contribution is 2.47.